The van der Waals surface area contributed by atoms with Crippen molar-refractivity contribution in [2.45, 2.75) is 27.7 Å². The van der Waals surface area contributed by atoms with E-state index < -0.39 is 5.41 Å². The molecule has 1 aromatic heterocycles. The highest BCUT2D eigenvalue weighted by molar-refractivity contribution is 5.96. The maximum absolute atomic E-state index is 13.0. The maximum atomic E-state index is 13.0. The second-order valence-corrected chi connectivity index (χ2v) is 7.07. The molecular weight excluding hydrogens is 314 g/mol. The van der Waals surface area contributed by atoms with E-state index in [-0.39, 0.29) is 11.5 Å². The molecule has 1 amide bonds. The molecule has 5 nitrogen and oxygen atoms in total. The third kappa shape index (κ3) is 3.31. The highest BCUT2D eigenvalue weighted by Gasteiger charge is 2.21. The van der Waals surface area contributed by atoms with Crippen molar-refractivity contribution >= 4 is 22.5 Å². The van der Waals surface area contributed by atoms with E-state index >= 15 is 0 Å². The van der Waals surface area contributed by atoms with E-state index in [1.54, 1.807) is 22.8 Å². The minimum atomic E-state index is -0.509. The number of benzene rings is 2. The Kier molecular flexibility index (Phi) is 4.17. The molecule has 3 aromatic rings. The van der Waals surface area contributed by atoms with E-state index in [0.29, 0.717) is 22.4 Å². The number of carbonyl (C=O) groups excluding carboxylic acids is 1. The van der Waals surface area contributed by atoms with Crippen molar-refractivity contribution in [2.24, 2.45) is 5.41 Å². The SMILES string of the molecule is Cc1nc2ccc(NC(=O)C(C)(C)C)cc2c(=O)n1-c1ccccc1. The van der Waals surface area contributed by atoms with E-state index in [2.05, 4.69) is 10.3 Å². The molecule has 0 aliphatic heterocycles. The second kappa shape index (κ2) is 6.16. The van der Waals surface area contributed by atoms with Gasteiger partial charge in [0, 0.05) is 11.1 Å². The summed E-state index contributed by atoms with van der Waals surface area (Å²) < 4.78 is 1.58. The first-order chi connectivity index (χ1) is 11.8. The zero-order valence-electron chi connectivity index (χ0n) is 14.8. The fraction of sp³-hybridized carbons (Fsp3) is 0.250. The van der Waals surface area contributed by atoms with Gasteiger partial charge in [0.2, 0.25) is 5.91 Å². The first kappa shape index (κ1) is 16.9. The number of nitrogens with zero attached hydrogens (tertiary/aromatic N) is 2. The van der Waals surface area contributed by atoms with Crippen molar-refractivity contribution < 1.29 is 4.79 Å². The first-order valence-electron chi connectivity index (χ1n) is 8.17. The number of amides is 1. The van der Waals surface area contributed by atoms with E-state index in [0.717, 1.165) is 5.69 Å². The van der Waals surface area contributed by atoms with Crippen LogP contribution in [0.2, 0.25) is 0 Å². The summed E-state index contributed by atoms with van der Waals surface area (Å²) >= 11 is 0. The summed E-state index contributed by atoms with van der Waals surface area (Å²) in [6.45, 7) is 7.34. The third-order valence-electron chi connectivity index (χ3n) is 3.99. The Morgan fingerprint density at radius 1 is 1.08 bits per heavy atom. The average molecular weight is 335 g/mol. The van der Waals surface area contributed by atoms with Gasteiger partial charge in [-0.25, -0.2) is 4.98 Å². The first-order valence-corrected chi connectivity index (χ1v) is 8.17. The Morgan fingerprint density at radius 2 is 1.76 bits per heavy atom. The van der Waals surface area contributed by atoms with Crippen LogP contribution >= 0.6 is 0 Å². The number of nitrogens with one attached hydrogen (secondary N) is 1. The minimum Gasteiger partial charge on any atom is -0.326 e. The molecule has 0 spiro atoms. The normalized spacial score (nSPS) is 11.5. The van der Waals surface area contributed by atoms with Crippen molar-refractivity contribution in [1.29, 1.82) is 0 Å². The van der Waals surface area contributed by atoms with Crippen molar-refractivity contribution in [1.82, 2.24) is 9.55 Å². The summed E-state index contributed by atoms with van der Waals surface area (Å²) in [5.74, 6) is 0.519. The van der Waals surface area contributed by atoms with Gasteiger partial charge in [0.1, 0.15) is 5.82 Å². The lowest BCUT2D eigenvalue weighted by atomic mass is 9.95. The smallest absolute Gasteiger partial charge is 0.266 e. The molecule has 0 unspecified atom stereocenters. The number of aromatic nitrogens is 2. The van der Waals surface area contributed by atoms with Gasteiger partial charge in [-0.1, -0.05) is 39.0 Å². The van der Waals surface area contributed by atoms with Crippen LogP contribution in [0, 0.1) is 12.3 Å². The van der Waals surface area contributed by atoms with Gasteiger partial charge in [-0.2, -0.15) is 0 Å². The van der Waals surface area contributed by atoms with Gasteiger partial charge in [-0.15, -0.1) is 0 Å². The lowest BCUT2D eigenvalue weighted by Gasteiger charge is -2.18. The third-order valence-corrected chi connectivity index (χ3v) is 3.99. The average Bonchev–Trinajstić information content (AvgIpc) is 2.55. The van der Waals surface area contributed by atoms with Crippen LogP contribution < -0.4 is 10.9 Å². The molecular formula is C20H21N3O2. The van der Waals surface area contributed by atoms with Gasteiger partial charge in [0.05, 0.1) is 16.6 Å². The summed E-state index contributed by atoms with van der Waals surface area (Å²) in [5, 5.41) is 3.33. The number of hydrogen-bond donors (Lipinski definition) is 1. The van der Waals surface area contributed by atoms with Gasteiger partial charge in [0.25, 0.3) is 5.56 Å². The van der Waals surface area contributed by atoms with Gasteiger partial charge in [-0.3, -0.25) is 14.2 Å². The van der Waals surface area contributed by atoms with Crippen LogP contribution in [-0.2, 0) is 4.79 Å². The van der Waals surface area contributed by atoms with Gasteiger partial charge in [-0.05, 0) is 37.3 Å². The van der Waals surface area contributed by atoms with E-state index in [1.807, 2.05) is 58.0 Å². The van der Waals surface area contributed by atoms with Crippen LogP contribution in [0.25, 0.3) is 16.6 Å². The molecule has 3 rings (SSSR count). The van der Waals surface area contributed by atoms with Gasteiger partial charge >= 0.3 is 0 Å². The van der Waals surface area contributed by atoms with Crippen LogP contribution in [0.5, 0.6) is 0 Å². The largest absolute Gasteiger partial charge is 0.326 e. The predicted octanol–water partition coefficient (Wildman–Crippen LogP) is 3.68. The quantitative estimate of drug-likeness (QED) is 0.777. The lowest BCUT2D eigenvalue weighted by molar-refractivity contribution is -0.123. The maximum Gasteiger partial charge on any atom is 0.266 e. The number of fused-ring (bicyclic) bond motifs is 1. The fourth-order valence-corrected chi connectivity index (χ4v) is 2.57. The molecule has 5 heteroatoms. The Hall–Kier alpha value is -2.95. The number of anilines is 1. The number of para-hydroxylation sites is 1. The summed E-state index contributed by atoms with van der Waals surface area (Å²) in [6, 6.07) is 14.6. The molecule has 0 bridgehead atoms. The molecule has 1 heterocycles. The minimum absolute atomic E-state index is 0.102. The number of hydrogen-bond acceptors (Lipinski definition) is 3. The summed E-state index contributed by atoms with van der Waals surface area (Å²) in [7, 11) is 0. The number of rotatable bonds is 2. The van der Waals surface area contributed by atoms with Crippen LogP contribution in [0.4, 0.5) is 5.69 Å². The van der Waals surface area contributed by atoms with Crippen molar-refractivity contribution in [3.8, 4) is 5.69 Å². The zero-order chi connectivity index (χ0) is 18.2. The Labute approximate surface area is 146 Å². The summed E-state index contributed by atoms with van der Waals surface area (Å²) in [5.41, 5.74) is 1.31. The molecule has 0 saturated heterocycles. The molecule has 0 radical (unpaired) electrons. The lowest BCUT2D eigenvalue weighted by Crippen LogP contribution is -2.28. The van der Waals surface area contributed by atoms with Crippen molar-refractivity contribution in [2.75, 3.05) is 5.32 Å². The second-order valence-electron chi connectivity index (χ2n) is 7.07. The Morgan fingerprint density at radius 3 is 2.40 bits per heavy atom. The molecule has 0 fully saturated rings. The number of aryl methyl sites for hydroxylation is 1. The van der Waals surface area contributed by atoms with E-state index in [4.69, 9.17) is 0 Å². The molecule has 128 valence electrons. The topological polar surface area (TPSA) is 64.0 Å². The molecule has 0 saturated carbocycles. The molecule has 25 heavy (non-hydrogen) atoms. The van der Waals surface area contributed by atoms with Crippen molar-refractivity contribution in [3.05, 3.63) is 64.7 Å². The molecule has 0 aliphatic rings. The van der Waals surface area contributed by atoms with E-state index in [1.165, 1.54) is 0 Å². The van der Waals surface area contributed by atoms with Gasteiger partial charge in [0.15, 0.2) is 0 Å². The van der Waals surface area contributed by atoms with Crippen LogP contribution in [0.15, 0.2) is 53.3 Å². The van der Waals surface area contributed by atoms with Crippen molar-refractivity contribution in [3.63, 3.8) is 0 Å². The molecule has 0 aliphatic carbocycles. The molecule has 1 N–H and O–H groups in total. The van der Waals surface area contributed by atoms with Gasteiger partial charge < -0.3 is 5.32 Å². The Balaban J connectivity index is 2.13. The van der Waals surface area contributed by atoms with E-state index in [9.17, 15) is 9.59 Å². The Bertz CT molecular complexity index is 999. The highest BCUT2D eigenvalue weighted by atomic mass is 16.2. The monoisotopic (exact) mass is 335 g/mol. The highest BCUT2D eigenvalue weighted by Crippen LogP contribution is 2.20. The zero-order valence-corrected chi connectivity index (χ0v) is 14.8. The standard InChI is InChI=1S/C20H21N3O2/c1-13-21-17-11-10-14(22-19(25)20(2,3)4)12-16(17)18(24)23(13)15-8-6-5-7-9-15/h5-12H,1-4H3,(H,22,25). The predicted molar refractivity (Wildman–Crippen MR) is 100 cm³/mol. The molecule has 0 atom stereocenters. The fourth-order valence-electron chi connectivity index (χ4n) is 2.57. The molecule has 2 aromatic carbocycles. The summed E-state index contributed by atoms with van der Waals surface area (Å²) in [4.78, 5) is 29.7. The van der Waals surface area contributed by atoms with Crippen LogP contribution in [-0.4, -0.2) is 15.5 Å². The summed E-state index contributed by atoms with van der Waals surface area (Å²) in [6.07, 6.45) is 0. The van der Waals surface area contributed by atoms with Crippen LogP contribution in [0.1, 0.15) is 26.6 Å². The van der Waals surface area contributed by atoms with Crippen LogP contribution in [0.3, 0.4) is 0 Å². The number of carbonyl (C=O) groups is 1.